The van der Waals surface area contributed by atoms with Gasteiger partial charge in [-0.15, -0.1) is 0 Å². The van der Waals surface area contributed by atoms with Crippen LogP contribution < -0.4 is 9.46 Å². The predicted molar refractivity (Wildman–Crippen MR) is 68.5 cm³/mol. The van der Waals surface area contributed by atoms with Crippen molar-refractivity contribution in [3.63, 3.8) is 0 Å². The molecule has 3 N–H and O–H groups in total. The topological polar surface area (TPSA) is 156 Å². The molecule has 1 rings (SSSR count). The number of benzene rings is 1. The molecule has 1 aromatic carbocycles. The first-order valence-electron chi connectivity index (χ1n) is 5.42. The van der Waals surface area contributed by atoms with Crippen LogP contribution in [0.1, 0.15) is 0 Å². The minimum Gasteiger partial charge on any atom is -0.490 e. The highest BCUT2D eigenvalue weighted by Gasteiger charge is 2.23. The van der Waals surface area contributed by atoms with Gasteiger partial charge in [-0.05, 0) is 12.1 Å². The maximum Gasteiger partial charge on any atom is 0.333 e. The second kappa shape index (κ2) is 6.47. The van der Waals surface area contributed by atoms with E-state index >= 15 is 0 Å². The number of aliphatic hydroxyl groups is 1. The minimum absolute atomic E-state index is 0.121. The van der Waals surface area contributed by atoms with Crippen molar-refractivity contribution in [3.8, 4) is 5.75 Å². The van der Waals surface area contributed by atoms with Gasteiger partial charge < -0.3 is 14.9 Å². The Morgan fingerprint density at radius 1 is 1.52 bits per heavy atom. The number of carboxylic acid groups (broad SMARTS) is 1. The SMILES string of the molecule is COc1ccc(S(=O)(=O)NCC(O)C(=O)O)cc1[N+](=O)[O-]. The Hall–Kier alpha value is -2.24. The third-order valence-electron chi connectivity index (χ3n) is 2.41. The maximum atomic E-state index is 11.9. The molecule has 11 heteroatoms. The van der Waals surface area contributed by atoms with Crippen LogP contribution in [0.4, 0.5) is 5.69 Å². The molecule has 0 heterocycles. The number of methoxy groups -OCH3 is 1. The highest BCUT2D eigenvalue weighted by atomic mass is 32.2. The quantitative estimate of drug-likeness (QED) is 0.441. The van der Waals surface area contributed by atoms with Gasteiger partial charge in [-0.3, -0.25) is 10.1 Å². The lowest BCUT2D eigenvalue weighted by atomic mass is 10.3. The van der Waals surface area contributed by atoms with E-state index in [9.17, 15) is 23.3 Å². The van der Waals surface area contributed by atoms with Crippen LogP contribution in [-0.2, 0) is 14.8 Å². The lowest BCUT2D eigenvalue weighted by Crippen LogP contribution is -2.36. The molecule has 0 radical (unpaired) electrons. The fourth-order valence-corrected chi connectivity index (χ4v) is 2.40. The molecule has 116 valence electrons. The number of rotatable bonds is 7. The van der Waals surface area contributed by atoms with Gasteiger partial charge in [-0.2, -0.15) is 0 Å². The standard InChI is InChI=1S/C10H12N2O8S/c1-20-9-3-2-6(4-7(9)12(16)17)21(18,19)11-5-8(13)10(14)15/h2-4,8,11,13H,5H2,1H3,(H,14,15). The summed E-state index contributed by atoms with van der Waals surface area (Å²) in [5.41, 5.74) is -0.556. The molecule has 1 aromatic rings. The Morgan fingerprint density at radius 3 is 2.62 bits per heavy atom. The molecule has 0 spiro atoms. The van der Waals surface area contributed by atoms with Gasteiger partial charge >= 0.3 is 11.7 Å². The zero-order chi connectivity index (χ0) is 16.2. The van der Waals surface area contributed by atoms with Crippen LogP contribution >= 0.6 is 0 Å². The lowest BCUT2D eigenvalue weighted by Gasteiger charge is -2.09. The summed E-state index contributed by atoms with van der Waals surface area (Å²) >= 11 is 0. The van der Waals surface area contributed by atoms with E-state index in [0.717, 1.165) is 18.2 Å². The number of hydrogen-bond acceptors (Lipinski definition) is 7. The van der Waals surface area contributed by atoms with Crippen LogP contribution in [0.5, 0.6) is 5.75 Å². The van der Waals surface area contributed by atoms with Crippen molar-refractivity contribution in [3.05, 3.63) is 28.3 Å². The smallest absolute Gasteiger partial charge is 0.333 e. The first-order chi connectivity index (χ1) is 9.69. The van der Waals surface area contributed by atoms with Crippen LogP contribution in [0.15, 0.2) is 23.1 Å². The van der Waals surface area contributed by atoms with E-state index < -0.39 is 44.1 Å². The van der Waals surface area contributed by atoms with Crippen molar-refractivity contribution < 1.29 is 33.1 Å². The van der Waals surface area contributed by atoms with E-state index in [-0.39, 0.29) is 5.75 Å². The van der Waals surface area contributed by atoms with Crippen molar-refractivity contribution in [2.75, 3.05) is 13.7 Å². The summed E-state index contributed by atoms with van der Waals surface area (Å²) in [6.45, 7) is -0.766. The van der Waals surface area contributed by atoms with Crippen molar-refractivity contribution >= 4 is 21.7 Å². The zero-order valence-electron chi connectivity index (χ0n) is 10.7. The van der Waals surface area contributed by atoms with Crippen LogP contribution in [-0.4, -0.2) is 49.3 Å². The summed E-state index contributed by atoms with van der Waals surface area (Å²) in [5, 5.41) is 28.3. The summed E-state index contributed by atoms with van der Waals surface area (Å²) in [6, 6.07) is 2.93. The van der Waals surface area contributed by atoms with Gasteiger partial charge in [0.25, 0.3) is 0 Å². The molecule has 0 saturated heterocycles. The molecular formula is C10H12N2O8S. The van der Waals surface area contributed by atoms with Crippen LogP contribution in [0.25, 0.3) is 0 Å². The number of aliphatic carboxylic acids is 1. The molecule has 1 atom stereocenters. The first-order valence-corrected chi connectivity index (χ1v) is 6.90. The number of hydrogen-bond donors (Lipinski definition) is 3. The Labute approximate surface area is 119 Å². The number of nitro groups is 1. The fourth-order valence-electron chi connectivity index (χ4n) is 1.34. The number of nitrogens with zero attached hydrogens (tertiary/aromatic N) is 1. The number of nitrogens with one attached hydrogen (secondary N) is 1. The molecule has 0 saturated carbocycles. The Morgan fingerprint density at radius 2 is 2.14 bits per heavy atom. The van der Waals surface area contributed by atoms with E-state index in [1.807, 2.05) is 4.72 Å². The van der Waals surface area contributed by atoms with Gasteiger partial charge in [-0.1, -0.05) is 0 Å². The summed E-state index contributed by atoms with van der Waals surface area (Å²) in [5.74, 6) is -1.72. The molecule has 0 amide bonds. The molecular weight excluding hydrogens is 308 g/mol. The highest BCUT2D eigenvalue weighted by molar-refractivity contribution is 7.89. The number of sulfonamides is 1. The summed E-state index contributed by atoms with van der Waals surface area (Å²) in [4.78, 5) is 19.9. The Kier molecular flexibility index (Phi) is 5.18. The monoisotopic (exact) mass is 320 g/mol. The van der Waals surface area contributed by atoms with Gasteiger partial charge in [0.15, 0.2) is 11.9 Å². The summed E-state index contributed by atoms with van der Waals surface area (Å²) in [7, 11) is -3.01. The number of ether oxygens (including phenoxy) is 1. The van der Waals surface area contributed by atoms with Crippen molar-refractivity contribution in [2.45, 2.75) is 11.0 Å². The molecule has 1 unspecified atom stereocenters. The van der Waals surface area contributed by atoms with Crippen LogP contribution in [0.3, 0.4) is 0 Å². The Bertz CT molecular complexity index is 657. The zero-order valence-corrected chi connectivity index (χ0v) is 11.5. The minimum atomic E-state index is -4.20. The molecule has 0 bridgehead atoms. The number of carboxylic acids is 1. The van der Waals surface area contributed by atoms with E-state index in [1.54, 1.807) is 0 Å². The second-order valence-corrected chi connectivity index (χ2v) is 5.56. The van der Waals surface area contributed by atoms with Crippen LogP contribution in [0.2, 0.25) is 0 Å². The molecule has 0 aliphatic carbocycles. The first kappa shape index (κ1) is 16.8. The summed E-state index contributed by atoms with van der Waals surface area (Å²) in [6.07, 6.45) is -1.92. The highest BCUT2D eigenvalue weighted by Crippen LogP contribution is 2.29. The molecule has 0 aliphatic rings. The average Bonchev–Trinajstić information content (AvgIpc) is 2.43. The van der Waals surface area contributed by atoms with Crippen molar-refractivity contribution in [1.82, 2.24) is 4.72 Å². The van der Waals surface area contributed by atoms with E-state index in [1.165, 1.54) is 7.11 Å². The summed E-state index contributed by atoms with van der Waals surface area (Å²) < 4.78 is 30.3. The molecule has 0 fully saturated rings. The number of aliphatic hydroxyl groups excluding tert-OH is 1. The van der Waals surface area contributed by atoms with Gasteiger partial charge in [0.05, 0.1) is 16.9 Å². The predicted octanol–water partition coefficient (Wildman–Crippen LogP) is -0.673. The van der Waals surface area contributed by atoms with Crippen molar-refractivity contribution in [1.29, 1.82) is 0 Å². The largest absolute Gasteiger partial charge is 0.490 e. The molecule has 0 aromatic heterocycles. The molecule has 21 heavy (non-hydrogen) atoms. The van der Waals surface area contributed by atoms with E-state index in [4.69, 9.17) is 14.9 Å². The number of nitro benzene ring substituents is 1. The Balaban J connectivity index is 3.06. The number of carbonyl (C=O) groups is 1. The van der Waals surface area contributed by atoms with Gasteiger partial charge in [-0.25, -0.2) is 17.9 Å². The average molecular weight is 320 g/mol. The van der Waals surface area contributed by atoms with Crippen LogP contribution in [0, 0.1) is 10.1 Å². The van der Waals surface area contributed by atoms with Gasteiger partial charge in [0.1, 0.15) is 0 Å². The van der Waals surface area contributed by atoms with E-state index in [2.05, 4.69) is 0 Å². The molecule has 10 nitrogen and oxygen atoms in total. The molecule has 0 aliphatic heterocycles. The third kappa shape index (κ3) is 4.11. The van der Waals surface area contributed by atoms with Gasteiger partial charge in [0.2, 0.25) is 10.0 Å². The second-order valence-electron chi connectivity index (χ2n) is 3.80. The normalized spacial score (nSPS) is 12.7. The third-order valence-corrected chi connectivity index (χ3v) is 3.83. The van der Waals surface area contributed by atoms with Crippen molar-refractivity contribution in [2.24, 2.45) is 0 Å². The lowest BCUT2D eigenvalue weighted by molar-refractivity contribution is -0.386. The van der Waals surface area contributed by atoms with Gasteiger partial charge in [0, 0.05) is 12.6 Å². The fraction of sp³-hybridized carbons (Fsp3) is 0.300. The maximum absolute atomic E-state index is 11.9. The van der Waals surface area contributed by atoms with E-state index in [0.29, 0.717) is 0 Å².